The first-order chi connectivity index (χ1) is 11.5. The number of esters is 1. The van der Waals surface area contributed by atoms with Gasteiger partial charge in [0.15, 0.2) is 0 Å². The van der Waals surface area contributed by atoms with Crippen molar-refractivity contribution in [2.45, 2.75) is 13.5 Å². The minimum atomic E-state index is -0.450. The van der Waals surface area contributed by atoms with Crippen LogP contribution in [0.15, 0.2) is 47.1 Å². The monoisotopic (exact) mass is 330 g/mol. The number of benzene rings is 1. The summed E-state index contributed by atoms with van der Waals surface area (Å²) in [6.45, 7) is 1.51. The molecular formula is C17H18N2O5. The van der Waals surface area contributed by atoms with Crippen molar-refractivity contribution in [3.63, 3.8) is 0 Å². The SMILES string of the molecule is COC(=O)c1ccc(NC(=O)CN(Cc2ccco2)C(C)=O)cc1. The molecule has 0 radical (unpaired) electrons. The standard InChI is InChI=1S/C17H18N2O5/c1-12(20)19(10-15-4-3-9-24-15)11-16(21)18-14-7-5-13(6-8-14)17(22)23-2/h3-9H,10-11H2,1-2H3,(H,18,21). The summed E-state index contributed by atoms with van der Waals surface area (Å²) in [5, 5.41) is 2.68. The number of carbonyl (C=O) groups excluding carboxylic acids is 3. The zero-order valence-electron chi connectivity index (χ0n) is 13.4. The molecule has 2 aromatic rings. The van der Waals surface area contributed by atoms with E-state index in [4.69, 9.17) is 4.42 Å². The number of amides is 2. The predicted octanol–water partition coefficient (Wildman–Crippen LogP) is 2.05. The van der Waals surface area contributed by atoms with Crippen LogP contribution in [-0.4, -0.2) is 36.3 Å². The zero-order chi connectivity index (χ0) is 17.5. The van der Waals surface area contributed by atoms with Crippen LogP contribution in [0, 0.1) is 0 Å². The molecule has 1 heterocycles. The lowest BCUT2D eigenvalue weighted by atomic mass is 10.2. The highest BCUT2D eigenvalue weighted by molar-refractivity contribution is 5.95. The van der Waals surface area contributed by atoms with Gasteiger partial charge >= 0.3 is 5.97 Å². The van der Waals surface area contributed by atoms with Crippen LogP contribution in [-0.2, 0) is 20.9 Å². The molecule has 0 atom stereocenters. The van der Waals surface area contributed by atoms with Crippen molar-refractivity contribution in [2.75, 3.05) is 19.0 Å². The summed E-state index contributed by atoms with van der Waals surface area (Å²) in [6.07, 6.45) is 1.51. The molecule has 1 aromatic heterocycles. The Morgan fingerprint density at radius 2 is 1.88 bits per heavy atom. The van der Waals surface area contributed by atoms with Crippen LogP contribution in [0.5, 0.6) is 0 Å². The topological polar surface area (TPSA) is 88.8 Å². The van der Waals surface area contributed by atoms with Gasteiger partial charge in [-0.05, 0) is 36.4 Å². The number of methoxy groups -OCH3 is 1. The maximum absolute atomic E-state index is 12.1. The molecule has 7 nitrogen and oxygen atoms in total. The Morgan fingerprint density at radius 3 is 2.42 bits per heavy atom. The molecule has 1 N–H and O–H groups in total. The molecule has 1 aromatic carbocycles. The van der Waals surface area contributed by atoms with Gasteiger partial charge in [-0.3, -0.25) is 9.59 Å². The van der Waals surface area contributed by atoms with Crippen LogP contribution in [0.1, 0.15) is 23.0 Å². The van der Waals surface area contributed by atoms with Crippen LogP contribution in [0.2, 0.25) is 0 Å². The van der Waals surface area contributed by atoms with Gasteiger partial charge in [-0.2, -0.15) is 0 Å². The molecule has 0 unspecified atom stereocenters. The average molecular weight is 330 g/mol. The lowest BCUT2D eigenvalue weighted by Gasteiger charge is -2.19. The summed E-state index contributed by atoms with van der Waals surface area (Å²) in [7, 11) is 1.30. The number of ether oxygens (including phenoxy) is 1. The van der Waals surface area contributed by atoms with Crippen molar-refractivity contribution in [1.82, 2.24) is 4.90 Å². The third-order valence-corrected chi connectivity index (χ3v) is 3.30. The Balaban J connectivity index is 1.95. The molecule has 0 saturated carbocycles. The number of carbonyl (C=O) groups is 3. The van der Waals surface area contributed by atoms with Gasteiger partial charge in [0.1, 0.15) is 12.3 Å². The molecule has 126 valence electrons. The minimum Gasteiger partial charge on any atom is -0.467 e. The maximum atomic E-state index is 12.1. The normalized spacial score (nSPS) is 10.1. The summed E-state index contributed by atoms with van der Waals surface area (Å²) in [6, 6.07) is 9.74. The second-order valence-corrected chi connectivity index (χ2v) is 5.07. The Hall–Kier alpha value is -3.09. The molecule has 2 rings (SSSR count). The average Bonchev–Trinajstić information content (AvgIpc) is 3.07. The fourth-order valence-corrected chi connectivity index (χ4v) is 2.05. The van der Waals surface area contributed by atoms with E-state index in [1.54, 1.807) is 36.4 Å². The molecule has 0 aliphatic carbocycles. The second-order valence-electron chi connectivity index (χ2n) is 5.07. The third-order valence-electron chi connectivity index (χ3n) is 3.30. The Labute approximate surface area is 139 Å². The molecular weight excluding hydrogens is 312 g/mol. The Bertz CT molecular complexity index is 707. The van der Waals surface area contributed by atoms with E-state index in [9.17, 15) is 14.4 Å². The van der Waals surface area contributed by atoms with Crippen LogP contribution >= 0.6 is 0 Å². The van der Waals surface area contributed by atoms with Crippen LogP contribution in [0.4, 0.5) is 5.69 Å². The molecule has 0 fully saturated rings. The number of anilines is 1. The summed E-state index contributed by atoms with van der Waals surface area (Å²) in [5.41, 5.74) is 0.910. The fraction of sp³-hybridized carbons (Fsp3) is 0.235. The van der Waals surface area contributed by atoms with E-state index >= 15 is 0 Å². The number of nitrogens with zero attached hydrogens (tertiary/aromatic N) is 1. The van der Waals surface area contributed by atoms with Gasteiger partial charge in [-0.15, -0.1) is 0 Å². The van der Waals surface area contributed by atoms with E-state index in [1.807, 2.05) is 0 Å². The highest BCUT2D eigenvalue weighted by Crippen LogP contribution is 2.11. The summed E-state index contributed by atoms with van der Waals surface area (Å²) >= 11 is 0. The van der Waals surface area contributed by atoms with Crippen molar-refractivity contribution >= 4 is 23.5 Å². The van der Waals surface area contributed by atoms with E-state index in [0.29, 0.717) is 17.0 Å². The first-order valence-electron chi connectivity index (χ1n) is 7.25. The first-order valence-corrected chi connectivity index (χ1v) is 7.25. The molecule has 0 saturated heterocycles. The summed E-state index contributed by atoms with van der Waals surface area (Å²) < 4.78 is 9.80. The van der Waals surface area contributed by atoms with Gasteiger partial charge in [0.25, 0.3) is 0 Å². The quantitative estimate of drug-likeness (QED) is 0.819. The van der Waals surface area contributed by atoms with Crippen LogP contribution in [0.25, 0.3) is 0 Å². The van der Waals surface area contributed by atoms with Crippen molar-refractivity contribution in [1.29, 1.82) is 0 Å². The van der Waals surface area contributed by atoms with Gasteiger partial charge in [0.2, 0.25) is 11.8 Å². The minimum absolute atomic E-state index is 0.102. The first kappa shape index (κ1) is 17.3. The number of nitrogens with one attached hydrogen (secondary N) is 1. The molecule has 0 aliphatic heterocycles. The van der Waals surface area contributed by atoms with Crippen LogP contribution < -0.4 is 5.32 Å². The van der Waals surface area contributed by atoms with Gasteiger partial charge in [0, 0.05) is 12.6 Å². The lowest BCUT2D eigenvalue weighted by Crippen LogP contribution is -2.36. The summed E-state index contributed by atoms with van der Waals surface area (Å²) in [5.74, 6) is -0.431. The van der Waals surface area contributed by atoms with Crippen LogP contribution in [0.3, 0.4) is 0 Å². The lowest BCUT2D eigenvalue weighted by molar-refractivity contribution is -0.133. The van der Waals surface area contributed by atoms with E-state index < -0.39 is 5.97 Å². The van der Waals surface area contributed by atoms with Crippen molar-refractivity contribution in [3.05, 3.63) is 54.0 Å². The van der Waals surface area contributed by atoms with E-state index in [2.05, 4.69) is 10.1 Å². The van der Waals surface area contributed by atoms with Gasteiger partial charge in [-0.25, -0.2) is 4.79 Å². The van der Waals surface area contributed by atoms with E-state index in [1.165, 1.54) is 25.2 Å². The predicted molar refractivity (Wildman–Crippen MR) is 86.2 cm³/mol. The molecule has 0 spiro atoms. The van der Waals surface area contributed by atoms with E-state index in [0.717, 1.165) is 0 Å². The van der Waals surface area contributed by atoms with Gasteiger partial charge in [0.05, 0.1) is 25.5 Å². The highest BCUT2D eigenvalue weighted by atomic mass is 16.5. The number of hydrogen-bond acceptors (Lipinski definition) is 5. The summed E-state index contributed by atoms with van der Waals surface area (Å²) in [4.78, 5) is 36.5. The van der Waals surface area contributed by atoms with Gasteiger partial charge in [-0.1, -0.05) is 0 Å². The zero-order valence-corrected chi connectivity index (χ0v) is 13.4. The number of rotatable bonds is 6. The van der Waals surface area contributed by atoms with Crippen molar-refractivity contribution in [2.24, 2.45) is 0 Å². The molecule has 0 bridgehead atoms. The number of hydrogen-bond donors (Lipinski definition) is 1. The van der Waals surface area contributed by atoms with Crippen molar-refractivity contribution < 1.29 is 23.5 Å². The Morgan fingerprint density at radius 1 is 1.17 bits per heavy atom. The molecule has 0 aliphatic rings. The second kappa shape index (κ2) is 7.96. The molecule has 7 heteroatoms. The molecule has 24 heavy (non-hydrogen) atoms. The Kier molecular flexibility index (Phi) is 5.73. The van der Waals surface area contributed by atoms with Gasteiger partial charge < -0.3 is 19.4 Å². The highest BCUT2D eigenvalue weighted by Gasteiger charge is 2.15. The number of furan rings is 1. The smallest absolute Gasteiger partial charge is 0.337 e. The van der Waals surface area contributed by atoms with E-state index in [-0.39, 0.29) is 24.9 Å². The van der Waals surface area contributed by atoms with Crippen molar-refractivity contribution in [3.8, 4) is 0 Å². The maximum Gasteiger partial charge on any atom is 0.337 e. The fourth-order valence-electron chi connectivity index (χ4n) is 2.05. The third kappa shape index (κ3) is 4.70. The largest absolute Gasteiger partial charge is 0.467 e. The molecule has 2 amide bonds.